The highest BCUT2D eigenvalue weighted by Gasteiger charge is 2.18. The maximum absolute atomic E-state index is 12.2. The molecular weight excluding hydrogens is 404 g/mol. The van der Waals surface area contributed by atoms with Crippen LogP contribution in [0.3, 0.4) is 0 Å². The number of piperidine rings is 1. The summed E-state index contributed by atoms with van der Waals surface area (Å²) in [5, 5.41) is 0. The largest absolute Gasteiger partial charge is 0.452 e. The van der Waals surface area contributed by atoms with Crippen LogP contribution >= 0.6 is 23.1 Å². The van der Waals surface area contributed by atoms with Crippen molar-refractivity contribution in [2.45, 2.75) is 29.4 Å². The van der Waals surface area contributed by atoms with E-state index in [1.54, 1.807) is 40.1 Å². The predicted molar refractivity (Wildman–Crippen MR) is 116 cm³/mol. The van der Waals surface area contributed by atoms with Crippen molar-refractivity contribution in [3.8, 4) is 0 Å². The first-order valence-corrected chi connectivity index (χ1v) is 11.5. The number of hydrogen-bond donors (Lipinski definition) is 0. The second-order valence-corrected chi connectivity index (χ2v) is 9.20. The lowest BCUT2D eigenvalue weighted by atomic mass is 10.1. The zero-order chi connectivity index (χ0) is 20.1. The summed E-state index contributed by atoms with van der Waals surface area (Å²) in [6.45, 7) is 1.34. The number of carbonyl (C=O) groups excluding carboxylic acids is 2. The van der Waals surface area contributed by atoms with E-state index in [2.05, 4.69) is 11.1 Å². The van der Waals surface area contributed by atoms with Crippen LogP contribution in [0.1, 0.15) is 35.2 Å². The van der Waals surface area contributed by atoms with Gasteiger partial charge in [0.1, 0.15) is 0 Å². The number of hydrogen-bond acceptors (Lipinski definition) is 6. The van der Waals surface area contributed by atoms with E-state index in [-0.39, 0.29) is 12.5 Å². The summed E-state index contributed by atoms with van der Waals surface area (Å²) in [6.07, 6.45) is 3.21. The Bertz CT molecular complexity index is 962. The molecule has 0 N–H and O–H groups in total. The molecule has 1 saturated heterocycles. The Hall–Kier alpha value is -2.38. The summed E-state index contributed by atoms with van der Waals surface area (Å²) in [5.74, 6) is 0.213. The summed E-state index contributed by atoms with van der Waals surface area (Å²) in [6, 6.07) is 15.5. The molecule has 5 nitrogen and oxygen atoms in total. The first-order chi connectivity index (χ1) is 14.2. The molecule has 1 aliphatic heterocycles. The second-order valence-electron chi connectivity index (χ2n) is 6.95. The highest BCUT2D eigenvalue weighted by atomic mass is 32.2. The van der Waals surface area contributed by atoms with Gasteiger partial charge in [-0.15, -0.1) is 11.3 Å². The molecule has 0 spiro atoms. The summed E-state index contributed by atoms with van der Waals surface area (Å²) in [4.78, 5) is 30.7. The lowest BCUT2D eigenvalue weighted by Gasteiger charge is -2.26. The van der Waals surface area contributed by atoms with Crippen molar-refractivity contribution in [1.29, 1.82) is 0 Å². The van der Waals surface area contributed by atoms with Gasteiger partial charge in [-0.05, 0) is 49.1 Å². The third-order valence-corrected chi connectivity index (χ3v) is 7.11. The number of thioether (sulfide) groups is 1. The monoisotopic (exact) mass is 426 g/mol. The van der Waals surface area contributed by atoms with Crippen LogP contribution in [0.15, 0.2) is 52.9 Å². The van der Waals surface area contributed by atoms with Crippen LogP contribution < -0.4 is 0 Å². The number of thiazole rings is 1. The van der Waals surface area contributed by atoms with Crippen LogP contribution in [-0.2, 0) is 15.3 Å². The molecule has 29 heavy (non-hydrogen) atoms. The van der Waals surface area contributed by atoms with Crippen molar-refractivity contribution in [3.63, 3.8) is 0 Å². The molecule has 4 rings (SSSR count). The van der Waals surface area contributed by atoms with E-state index < -0.39 is 5.97 Å². The Labute approximate surface area is 178 Å². The maximum atomic E-state index is 12.2. The Balaban J connectivity index is 1.27. The normalized spacial score (nSPS) is 14.1. The first kappa shape index (κ1) is 19.9. The molecule has 3 aromatic rings. The van der Waals surface area contributed by atoms with Gasteiger partial charge < -0.3 is 9.64 Å². The summed E-state index contributed by atoms with van der Waals surface area (Å²) in [5.41, 5.74) is 2.59. The van der Waals surface area contributed by atoms with Gasteiger partial charge in [-0.25, -0.2) is 9.78 Å². The Morgan fingerprint density at radius 1 is 1.03 bits per heavy atom. The van der Waals surface area contributed by atoms with Gasteiger partial charge in [0.2, 0.25) is 0 Å². The number of fused-ring (bicyclic) bond motifs is 1. The predicted octanol–water partition coefficient (Wildman–Crippen LogP) is 4.76. The lowest BCUT2D eigenvalue weighted by molar-refractivity contribution is -0.135. The standard InChI is InChI=1S/C22H22N2O3S2/c25-20(24-12-4-1-5-13-24)14-27-21(26)17-10-8-16(9-11-17)15-28-22-23-18-6-2-3-7-19(18)29-22/h2-3,6-11H,1,4-5,12-15H2. The number of esters is 1. The minimum Gasteiger partial charge on any atom is -0.452 e. The van der Waals surface area contributed by atoms with Crippen molar-refractivity contribution in [3.05, 3.63) is 59.7 Å². The molecule has 0 radical (unpaired) electrons. The maximum Gasteiger partial charge on any atom is 0.338 e. The van der Waals surface area contributed by atoms with Gasteiger partial charge in [0.15, 0.2) is 10.9 Å². The number of likely N-dealkylation sites (tertiary alicyclic amines) is 1. The third kappa shape index (κ3) is 5.16. The minimum absolute atomic E-state index is 0.109. The molecule has 0 bridgehead atoms. The average Bonchev–Trinajstić information content (AvgIpc) is 3.20. The molecule has 0 aliphatic carbocycles. The number of aromatic nitrogens is 1. The van der Waals surface area contributed by atoms with Gasteiger partial charge >= 0.3 is 5.97 Å². The lowest BCUT2D eigenvalue weighted by Crippen LogP contribution is -2.38. The molecule has 0 atom stereocenters. The molecule has 150 valence electrons. The molecule has 7 heteroatoms. The molecular formula is C22H22N2O3S2. The molecule has 2 heterocycles. The first-order valence-electron chi connectivity index (χ1n) is 9.71. The van der Waals surface area contributed by atoms with Crippen molar-refractivity contribution in [1.82, 2.24) is 9.88 Å². The van der Waals surface area contributed by atoms with E-state index in [9.17, 15) is 9.59 Å². The van der Waals surface area contributed by atoms with Gasteiger partial charge in [-0.1, -0.05) is 36.0 Å². The number of benzene rings is 2. The summed E-state index contributed by atoms with van der Waals surface area (Å²) < 4.78 is 7.42. The number of amides is 1. The number of nitrogens with zero attached hydrogens (tertiary/aromatic N) is 2. The van der Waals surface area contributed by atoms with Crippen LogP contribution in [-0.4, -0.2) is 41.5 Å². The summed E-state index contributed by atoms with van der Waals surface area (Å²) >= 11 is 3.37. The van der Waals surface area contributed by atoms with Crippen molar-refractivity contribution in [2.24, 2.45) is 0 Å². The topological polar surface area (TPSA) is 59.5 Å². The van der Waals surface area contributed by atoms with Crippen LogP contribution in [0.5, 0.6) is 0 Å². The van der Waals surface area contributed by atoms with Gasteiger partial charge in [0, 0.05) is 18.8 Å². The molecule has 1 fully saturated rings. The van der Waals surface area contributed by atoms with E-state index in [4.69, 9.17) is 4.74 Å². The van der Waals surface area contributed by atoms with Crippen LogP contribution in [0.2, 0.25) is 0 Å². The smallest absolute Gasteiger partial charge is 0.338 e. The van der Waals surface area contributed by atoms with Crippen molar-refractivity contribution >= 4 is 45.2 Å². The number of rotatable bonds is 6. The zero-order valence-electron chi connectivity index (χ0n) is 16.0. The van der Waals surface area contributed by atoms with Crippen molar-refractivity contribution in [2.75, 3.05) is 19.7 Å². The zero-order valence-corrected chi connectivity index (χ0v) is 17.6. The van der Waals surface area contributed by atoms with E-state index in [1.807, 2.05) is 30.3 Å². The Morgan fingerprint density at radius 3 is 2.55 bits per heavy atom. The SMILES string of the molecule is O=C(OCC(=O)N1CCCCC1)c1ccc(CSc2nc3ccccc3s2)cc1. The Morgan fingerprint density at radius 2 is 1.79 bits per heavy atom. The van der Waals surface area contributed by atoms with Gasteiger partial charge in [0.05, 0.1) is 15.8 Å². The van der Waals surface area contributed by atoms with E-state index in [1.165, 1.54) is 4.70 Å². The van der Waals surface area contributed by atoms with Gasteiger partial charge in [0.25, 0.3) is 5.91 Å². The van der Waals surface area contributed by atoms with Crippen molar-refractivity contribution < 1.29 is 14.3 Å². The van der Waals surface area contributed by atoms with E-state index in [0.717, 1.165) is 53.5 Å². The molecule has 1 aromatic heterocycles. The van der Waals surface area contributed by atoms with Crippen LogP contribution in [0.4, 0.5) is 0 Å². The second kappa shape index (κ2) is 9.41. The molecule has 1 aliphatic rings. The number of para-hydroxylation sites is 1. The fourth-order valence-corrected chi connectivity index (χ4v) is 5.26. The van der Waals surface area contributed by atoms with Crippen LogP contribution in [0, 0.1) is 0 Å². The average molecular weight is 427 g/mol. The number of carbonyl (C=O) groups is 2. The minimum atomic E-state index is -0.458. The number of ether oxygens (including phenoxy) is 1. The fraction of sp³-hybridized carbons (Fsp3) is 0.318. The molecule has 1 amide bonds. The van der Waals surface area contributed by atoms with Gasteiger partial charge in [-0.2, -0.15) is 0 Å². The highest BCUT2D eigenvalue weighted by molar-refractivity contribution is 8.00. The third-order valence-electron chi connectivity index (χ3n) is 4.86. The molecule has 0 saturated carbocycles. The molecule has 0 unspecified atom stereocenters. The Kier molecular flexibility index (Phi) is 6.46. The van der Waals surface area contributed by atoms with Gasteiger partial charge in [-0.3, -0.25) is 4.79 Å². The molecule has 2 aromatic carbocycles. The van der Waals surface area contributed by atoms with Crippen LogP contribution in [0.25, 0.3) is 10.2 Å². The summed E-state index contributed by atoms with van der Waals surface area (Å²) in [7, 11) is 0. The quantitative estimate of drug-likeness (QED) is 0.420. The highest BCUT2D eigenvalue weighted by Crippen LogP contribution is 2.31. The fourth-order valence-electron chi connectivity index (χ4n) is 3.24. The van der Waals surface area contributed by atoms with E-state index >= 15 is 0 Å². The van der Waals surface area contributed by atoms with E-state index in [0.29, 0.717) is 5.56 Å².